The van der Waals surface area contributed by atoms with Crippen LogP contribution in [0.1, 0.15) is 33.1 Å². The SMILES string of the molecule is C.COC(=O)COC(F)(F)OC(F)(F)C(F)(F)OC(F)(F)F.CO[Si](CCCCC(=O)COC(F)(F)OC(F)(F)C(F)(F)OC(F)(F)F)(OC)OC.CO[Si](CCCN)(OC)OC. The highest BCUT2D eigenvalue weighted by Gasteiger charge is 2.69. The van der Waals surface area contributed by atoms with Crippen molar-refractivity contribution < 1.29 is 148 Å². The molecule has 0 saturated heterocycles. The van der Waals surface area contributed by atoms with Crippen molar-refractivity contribution in [3.63, 3.8) is 0 Å². The van der Waals surface area contributed by atoms with E-state index in [4.69, 9.17) is 32.3 Å². The zero-order valence-electron chi connectivity index (χ0n) is 32.9. The summed E-state index contributed by atoms with van der Waals surface area (Å²) in [6.45, 7) is -2.60. The Balaban J connectivity index is -0.000000456. The molecule has 0 spiro atoms. The van der Waals surface area contributed by atoms with E-state index in [2.05, 4.69) is 23.7 Å². The van der Waals surface area contributed by atoms with Crippen LogP contribution in [-0.4, -0.2) is 149 Å². The molecule has 0 aliphatic rings. The number of carbonyl (C=O) groups is 2. The maximum Gasteiger partial charge on any atom is 0.527 e. The third kappa shape index (κ3) is 27.8. The highest BCUT2D eigenvalue weighted by Crippen LogP contribution is 2.45. The molecule has 0 aromatic rings. The Morgan fingerprint density at radius 1 is 0.460 bits per heavy atom. The fourth-order valence-electron chi connectivity index (χ4n) is 3.42. The Bertz CT molecular complexity index is 1270. The van der Waals surface area contributed by atoms with Crippen molar-refractivity contribution in [2.75, 3.05) is 69.5 Å². The summed E-state index contributed by atoms with van der Waals surface area (Å²) in [6.07, 6.45) is -48.6. The van der Waals surface area contributed by atoms with Crippen LogP contribution in [0.5, 0.6) is 0 Å². The Labute approximate surface area is 348 Å². The van der Waals surface area contributed by atoms with Crippen molar-refractivity contribution in [3.05, 3.63) is 0 Å². The van der Waals surface area contributed by atoms with Crippen molar-refractivity contribution in [2.45, 2.75) is 94.9 Å². The summed E-state index contributed by atoms with van der Waals surface area (Å²) >= 11 is 0. The van der Waals surface area contributed by atoms with Gasteiger partial charge < -0.3 is 37.0 Å². The van der Waals surface area contributed by atoms with Crippen LogP contribution in [0.3, 0.4) is 0 Å². The van der Waals surface area contributed by atoms with Crippen LogP contribution < -0.4 is 5.73 Å². The predicted molar refractivity (Wildman–Crippen MR) is 172 cm³/mol. The summed E-state index contributed by atoms with van der Waals surface area (Å²) < 4.78 is 271. The van der Waals surface area contributed by atoms with Gasteiger partial charge in [0.05, 0.1) is 7.11 Å². The van der Waals surface area contributed by atoms with Gasteiger partial charge in [-0.2, -0.15) is 35.1 Å². The molecule has 16 nitrogen and oxygen atoms in total. The van der Waals surface area contributed by atoms with Crippen LogP contribution in [0.15, 0.2) is 0 Å². The van der Waals surface area contributed by atoms with Crippen molar-refractivity contribution in [1.82, 2.24) is 0 Å². The number of esters is 1. The average Bonchev–Trinajstić information content (AvgIpc) is 3.12. The van der Waals surface area contributed by atoms with Gasteiger partial charge in [-0.05, 0) is 25.8 Å². The summed E-state index contributed by atoms with van der Waals surface area (Å²) in [5.74, 6) is -2.58. The molecule has 0 aliphatic carbocycles. The lowest BCUT2D eigenvalue weighted by atomic mass is 10.2. The van der Waals surface area contributed by atoms with Crippen LogP contribution in [0, 0.1) is 0 Å². The van der Waals surface area contributed by atoms with Crippen molar-refractivity contribution in [3.8, 4) is 0 Å². The highest BCUT2D eigenvalue weighted by atomic mass is 28.4. The lowest BCUT2D eigenvalue weighted by Crippen LogP contribution is -2.51. The second-order valence-electron chi connectivity index (χ2n) is 10.7. The molecule has 2 N–H and O–H groups in total. The summed E-state index contributed by atoms with van der Waals surface area (Å²) in [5, 5.41) is 0. The number of hydrogen-bond donors (Lipinski definition) is 1. The van der Waals surface area contributed by atoms with E-state index in [-0.39, 0.29) is 32.7 Å². The molecule has 0 fully saturated rings. The highest BCUT2D eigenvalue weighted by molar-refractivity contribution is 6.60. The number of rotatable bonds is 28. The van der Waals surface area contributed by atoms with Crippen LogP contribution in [0.4, 0.5) is 79.0 Å². The monoisotopic (exact) mass is 1020 g/mol. The van der Waals surface area contributed by atoms with E-state index in [1.54, 1.807) is 30.8 Å². The average molecular weight is 1020 g/mol. The van der Waals surface area contributed by atoms with Gasteiger partial charge in [0, 0.05) is 61.2 Å². The minimum absolute atomic E-state index is 0. The van der Waals surface area contributed by atoms with Crippen molar-refractivity contribution >= 4 is 29.4 Å². The molecule has 0 aliphatic heterocycles. The first-order valence-corrected chi connectivity index (χ1v) is 19.8. The van der Waals surface area contributed by atoms with Gasteiger partial charge in [-0.15, -0.1) is 43.9 Å². The van der Waals surface area contributed by atoms with Gasteiger partial charge in [0.15, 0.2) is 12.4 Å². The summed E-state index contributed by atoms with van der Waals surface area (Å²) in [5.41, 5.74) is 5.36. The third-order valence-electron chi connectivity index (χ3n) is 6.39. The number of carbonyl (C=O) groups excluding carboxylic acids is 2. The molecule has 0 amide bonds. The topological polar surface area (TPSA) is 180 Å². The zero-order chi connectivity index (χ0) is 49.7. The number of ketones is 1. The summed E-state index contributed by atoms with van der Waals surface area (Å²) in [6, 6.07) is 1.04. The number of hydrogen-bond acceptors (Lipinski definition) is 16. The number of ether oxygens (including phenoxy) is 7. The largest absolute Gasteiger partial charge is 0.527 e. The van der Waals surface area contributed by atoms with Gasteiger partial charge in [0.1, 0.15) is 6.61 Å². The van der Waals surface area contributed by atoms with Gasteiger partial charge in [-0.3, -0.25) is 14.3 Å². The molecule has 0 radical (unpaired) electrons. The van der Waals surface area contributed by atoms with Crippen molar-refractivity contribution in [1.29, 1.82) is 0 Å². The van der Waals surface area contributed by atoms with E-state index in [0.29, 0.717) is 13.7 Å². The smallest absolute Gasteiger partial charge is 0.467 e. The Morgan fingerprint density at radius 2 is 0.762 bits per heavy atom. The quantitative estimate of drug-likeness (QED) is 0.0273. The molecule has 382 valence electrons. The van der Waals surface area contributed by atoms with Gasteiger partial charge in [0.25, 0.3) is 0 Å². The van der Waals surface area contributed by atoms with Crippen molar-refractivity contribution in [2.24, 2.45) is 5.73 Å². The third-order valence-corrected chi connectivity index (χ3v) is 12.1. The van der Waals surface area contributed by atoms with E-state index in [1.807, 2.05) is 0 Å². The first-order valence-electron chi connectivity index (χ1n) is 15.9. The fourth-order valence-corrected chi connectivity index (χ4v) is 6.96. The van der Waals surface area contributed by atoms with Crippen LogP contribution in [0.2, 0.25) is 12.1 Å². The second-order valence-corrected chi connectivity index (χ2v) is 16.9. The fraction of sp³-hybridized carbons (Fsp3) is 0.926. The molecular formula is C27H45F18NO15Si2. The number of Topliss-reactive ketones (excluding diaryl/α,β-unsaturated/α-hetero) is 1. The summed E-state index contributed by atoms with van der Waals surface area (Å²) in [7, 11) is 4.26. The number of methoxy groups -OCH3 is 1. The minimum atomic E-state index is -6.50. The minimum Gasteiger partial charge on any atom is -0.467 e. The second kappa shape index (κ2) is 28.1. The molecular weight excluding hydrogens is 976 g/mol. The first kappa shape index (κ1) is 67.4. The Kier molecular flexibility index (Phi) is 30.0. The van der Waals surface area contributed by atoms with E-state index < -0.39 is 92.3 Å². The number of unbranched alkanes of at least 4 members (excludes halogenated alkanes) is 1. The molecule has 0 saturated carbocycles. The van der Waals surface area contributed by atoms with Gasteiger partial charge in [-0.25, -0.2) is 23.7 Å². The van der Waals surface area contributed by atoms with Crippen LogP contribution >= 0.6 is 0 Å². The van der Waals surface area contributed by atoms with E-state index in [9.17, 15) is 88.6 Å². The van der Waals surface area contributed by atoms with Gasteiger partial charge >= 0.3 is 73.3 Å². The molecule has 63 heavy (non-hydrogen) atoms. The zero-order valence-corrected chi connectivity index (χ0v) is 34.9. The number of nitrogens with two attached hydrogens (primary N) is 1. The number of halogens is 18. The summed E-state index contributed by atoms with van der Waals surface area (Å²) in [4.78, 5) is 21.8. The molecule has 0 unspecified atom stereocenters. The first-order chi connectivity index (χ1) is 27.8. The maximum absolute atomic E-state index is 13.1. The van der Waals surface area contributed by atoms with Crippen LogP contribution in [0.25, 0.3) is 0 Å². The van der Waals surface area contributed by atoms with Gasteiger partial charge in [-0.1, -0.05) is 7.43 Å². The number of alkyl halides is 18. The maximum atomic E-state index is 13.1. The standard InChI is InChI=1S/C13H19F9O7Si.C7H5F9O5.C6H17NO3Si.CH4/c1-24-30(25-2,26-3)7-5-4-6-9(23)8-27-13(21,22)29-11(16,17)10(14,15)28-12(18,19)20;1-18-3(17)2-19-7(15,16)21-5(10,11)4(8,9)20-6(12,13)14;1-8-11(9-2,10-3)6-4-5-7;/h4-8H2,1-3H3;2H2,1H3;4-7H2,1-3H3;1H4. The molecule has 0 atom stereocenters. The van der Waals surface area contributed by atoms with E-state index in [0.717, 1.165) is 12.5 Å². The van der Waals surface area contributed by atoms with E-state index >= 15 is 0 Å². The molecule has 0 aromatic heterocycles. The normalized spacial score (nSPS) is 13.6. The Morgan fingerprint density at radius 3 is 1.05 bits per heavy atom. The molecule has 0 aromatic carbocycles. The lowest BCUT2D eigenvalue weighted by Gasteiger charge is -2.28. The van der Waals surface area contributed by atoms with Gasteiger partial charge in [0.2, 0.25) is 0 Å². The Hall–Kier alpha value is -2.21. The molecule has 0 heterocycles. The van der Waals surface area contributed by atoms with Crippen LogP contribution in [-0.2, 0) is 69.3 Å². The molecule has 0 bridgehead atoms. The van der Waals surface area contributed by atoms with E-state index in [1.165, 1.54) is 21.3 Å². The predicted octanol–water partition coefficient (Wildman–Crippen LogP) is 7.22. The molecule has 36 heteroatoms. The lowest BCUT2D eigenvalue weighted by molar-refractivity contribution is -0.554. The molecule has 0 rings (SSSR count).